The van der Waals surface area contributed by atoms with Gasteiger partial charge in [-0.1, -0.05) is 11.2 Å². The second-order valence-corrected chi connectivity index (χ2v) is 9.96. The lowest BCUT2D eigenvalue weighted by Gasteiger charge is -2.07. The number of fused-ring (bicyclic) bond motifs is 1. The molecule has 2 aromatic heterocycles. The molecule has 11 heteroatoms. The number of aryl methyl sites for hydroxylation is 1. The number of rotatable bonds is 6. The van der Waals surface area contributed by atoms with Gasteiger partial charge in [-0.25, -0.2) is 17.5 Å². The van der Waals surface area contributed by atoms with Crippen LogP contribution in [-0.4, -0.2) is 25.4 Å². The Kier molecular flexibility index (Phi) is 5.16. The summed E-state index contributed by atoms with van der Waals surface area (Å²) in [7, 11) is -3.78. The summed E-state index contributed by atoms with van der Waals surface area (Å²) in [6, 6.07) is 12.5. The largest absolute Gasteiger partial charge is 0.454 e. The first-order chi connectivity index (χ1) is 15.4. The van der Waals surface area contributed by atoms with E-state index in [-0.39, 0.29) is 35.8 Å². The van der Waals surface area contributed by atoms with Gasteiger partial charge in [-0.05, 0) is 55.0 Å². The van der Waals surface area contributed by atoms with Gasteiger partial charge in [0.15, 0.2) is 11.5 Å². The highest BCUT2D eigenvalue weighted by atomic mass is 32.2. The van der Waals surface area contributed by atoms with Crippen molar-refractivity contribution in [3.63, 3.8) is 0 Å². The molecular weight excluding hydrogens is 457 g/mol. The molecular formula is C21H16FN3O5S2. The van der Waals surface area contributed by atoms with Gasteiger partial charge < -0.3 is 14.0 Å². The molecule has 1 aliphatic heterocycles. The molecule has 0 saturated carbocycles. The van der Waals surface area contributed by atoms with E-state index in [4.69, 9.17) is 14.0 Å². The molecule has 4 aromatic rings. The zero-order valence-corrected chi connectivity index (χ0v) is 18.3. The van der Waals surface area contributed by atoms with Crippen molar-refractivity contribution in [1.29, 1.82) is 0 Å². The maximum Gasteiger partial charge on any atom is 0.268 e. The number of nitrogens with zero attached hydrogens (tertiary/aromatic N) is 2. The average Bonchev–Trinajstić information content (AvgIpc) is 3.52. The predicted molar refractivity (Wildman–Crippen MR) is 114 cm³/mol. The van der Waals surface area contributed by atoms with Crippen LogP contribution in [0.4, 0.5) is 4.39 Å². The number of aromatic nitrogens is 2. The normalized spacial score (nSPS) is 12.9. The van der Waals surface area contributed by atoms with Crippen molar-refractivity contribution in [1.82, 2.24) is 14.9 Å². The zero-order chi connectivity index (χ0) is 22.3. The number of hydrogen-bond donors (Lipinski definition) is 1. The first-order valence-corrected chi connectivity index (χ1v) is 11.8. The molecule has 8 nitrogen and oxygen atoms in total. The van der Waals surface area contributed by atoms with E-state index in [1.54, 1.807) is 37.3 Å². The van der Waals surface area contributed by atoms with Crippen molar-refractivity contribution >= 4 is 21.4 Å². The standard InChI is InChI=1S/C21H16FN3O5S2/c1-12-19(32(26,27)23-10-13-2-7-16-17(8-13)29-11-28-16)9-18(31-12)21-24-20(25-30-21)14-3-5-15(22)6-4-14/h2-9,23H,10-11H2,1H3. The van der Waals surface area contributed by atoms with Gasteiger partial charge in [0.2, 0.25) is 22.6 Å². The Morgan fingerprint density at radius 2 is 1.88 bits per heavy atom. The fourth-order valence-electron chi connectivity index (χ4n) is 3.18. The van der Waals surface area contributed by atoms with E-state index in [1.807, 2.05) is 0 Å². The van der Waals surface area contributed by atoms with Crippen LogP contribution in [0, 0.1) is 12.7 Å². The van der Waals surface area contributed by atoms with E-state index in [2.05, 4.69) is 14.9 Å². The number of nitrogens with one attached hydrogen (secondary N) is 1. The van der Waals surface area contributed by atoms with Gasteiger partial charge in [-0.2, -0.15) is 4.98 Å². The molecule has 2 aromatic carbocycles. The van der Waals surface area contributed by atoms with Gasteiger partial charge in [-0.3, -0.25) is 0 Å². The molecule has 0 aliphatic carbocycles. The second-order valence-electron chi connectivity index (χ2n) is 6.97. The van der Waals surface area contributed by atoms with Crippen molar-refractivity contribution in [2.45, 2.75) is 18.4 Å². The van der Waals surface area contributed by atoms with Gasteiger partial charge in [0.05, 0.1) is 9.77 Å². The number of benzene rings is 2. The van der Waals surface area contributed by atoms with Crippen LogP contribution in [0.2, 0.25) is 0 Å². The average molecular weight is 474 g/mol. The fraction of sp³-hybridized carbons (Fsp3) is 0.143. The minimum atomic E-state index is -3.78. The van der Waals surface area contributed by atoms with E-state index >= 15 is 0 Å². The summed E-state index contributed by atoms with van der Waals surface area (Å²) in [6.07, 6.45) is 0. The third-order valence-corrected chi connectivity index (χ3v) is 7.50. The lowest BCUT2D eigenvalue weighted by Crippen LogP contribution is -2.23. The molecule has 164 valence electrons. The van der Waals surface area contributed by atoms with Crippen LogP contribution in [0.1, 0.15) is 10.4 Å². The molecule has 1 N–H and O–H groups in total. The molecule has 1 aliphatic rings. The van der Waals surface area contributed by atoms with Crippen LogP contribution < -0.4 is 14.2 Å². The molecule has 0 bridgehead atoms. The highest BCUT2D eigenvalue weighted by Crippen LogP contribution is 2.35. The summed E-state index contributed by atoms with van der Waals surface area (Å²) in [5.41, 5.74) is 1.33. The van der Waals surface area contributed by atoms with Gasteiger partial charge in [0, 0.05) is 17.0 Å². The highest BCUT2D eigenvalue weighted by Gasteiger charge is 2.23. The molecule has 0 amide bonds. The van der Waals surface area contributed by atoms with E-state index in [0.29, 0.717) is 26.8 Å². The van der Waals surface area contributed by atoms with Crippen molar-refractivity contribution in [2.75, 3.05) is 6.79 Å². The van der Waals surface area contributed by atoms with Gasteiger partial charge in [0.1, 0.15) is 5.82 Å². The zero-order valence-electron chi connectivity index (χ0n) is 16.7. The molecule has 0 unspecified atom stereocenters. The van der Waals surface area contributed by atoms with Crippen LogP contribution in [-0.2, 0) is 16.6 Å². The Hall–Kier alpha value is -3.28. The van der Waals surface area contributed by atoms with Gasteiger partial charge in [0.25, 0.3) is 5.89 Å². The Morgan fingerprint density at radius 1 is 1.09 bits per heavy atom. The number of thiophene rings is 1. The molecule has 0 atom stereocenters. The lowest BCUT2D eigenvalue weighted by molar-refractivity contribution is 0.174. The van der Waals surface area contributed by atoms with Crippen LogP contribution in [0.3, 0.4) is 0 Å². The molecule has 0 spiro atoms. The fourth-order valence-corrected chi connectivity index (χ4v) is 5.71. The maximum absolute atomic E-state index is 13.1. The predicted octanol–water partition coefficient (Wildman–Crippen LogP) is 4.12. The smallest absolute Gasteiger partial charge is 0.268 e. The summed E-state index contributed by atoms with van der Waals surface area (Å²) in [4.78, 5) is 5.55. The van der Waals surface area contributed by atoms with E-state index in [1.165, 1.54) is 29.5 Å². The quantitative estimate of drug-likeness (QED) is 0.449. The van der Waals surface area contributed by atoms with Crippen molar-refractivity contribution in [3.05, 3.63) is 64.8 Å². The highest BCUT2D eigenvalue weighted by molar-refractivity contribution is 7.89. The van der Waals surface area contributed by atoms with Gasteiger partial charge >= 0.3 is 0 Å². The van der Waals surface area contributed by atoms with E-state index in [9.17, 15) is 12.8 Å². The third-order valence-electron chi connectivity index (χ3n) is 4.80. The van der Waals surface area contributed by atoms with Crippen LogP contribution in [0.5, 0.6) is 11.5 Å². The molecule has 0 fully saturated rings. The lowest BCUT2D eigenvalue weighted by atomic mass is 10.2. The second kappa shape index (κ2) is 8.01. The monoisotopic (exact) mass is 473 g/mol. The van der Waals surface area contributed by atoms with Crippen LogP contribution >= 0.6 is 11.3 Å². The number of halogens is 1. The SMILES string of the molecule is Cc1sc(-c2nc(-c3ccc(F)cc3)no2)cc1S(=O)(=O)NCc1ccc2c(c1)OCO2. The number of ether oxygens (including phenoxy) is 2. The molecule has 0 saturated heterocycles. The Labute approximate surface area is 186 Å². The first kappa shape index (κ1) is 20.6. The number of sulfonamides is 1. The number of hydrogen-bond acceptors (Lipinski definition) is 8. The van der Waals surface area contributed by atoms with Crippen LogP contribution in [0.25, 0.3) is 22.2 Å². The van der Waals surface area contributed by atoms with Crippen molar-refractivity contribution < 1.29 is 26.8 Å². The van der Waals surface area contributed by atoms with E-state index < -0.39 is 10.0 Å². The maximum atomic E-state index is 13.1. The first-order valence-electron chi connectivity index (χ1n) is 9.48. The van der Waals surface area contributed by atoms with Crippen molar-refractivity contribution in [2.24, 2.45) is 0 Å². The molecule has 32 heavy (non-hydrogen) atoms. The Balaban J connectivity index is 1.35. The summed E-state index contributed by atoms with van der Waals surface area (Å²) >= 11 is 1.23. The van der Waals surface area contributed by atoms with Crippen LogP contribution in [0.15, 0.2) is 57.9 Å². The Bertz CT molecular complexity index is 1400. The van der Waals surface area contributed by atoms with Crippen molar-refractivity contribution in [3.8, 4) is 33.7 Å². The Morgan fingerprint density at radius 3 is 2.69 bits per heavy atom. The molecule has 5 rings (SSSR count). The van der Waals surface area contributed by atoms with Gasteiger partial charge in [-0.15, -0.1) is 11.3 Å². The summed E-state index contributed by atoms with van der Waals surface area (Å²) in [5.74, 6) is 1.33. The molecule has 3 heterocycles. The third kappa shape index (κ3) is 3.97. The minimum Gasteiger partial charge on any atom is -0.454 e. The summed E-state index contributed by atoms with van der Waals surface area (Å²) in [6.45, 7) is 1.96. The summed E-state index contributed by atoms with van der Waals surface area (Å²) < 4.78 is 57.4. The minimum absolute atomic E-state index is 0.0961. The molecule has 0 radical (unpaired) electrons. The summed E-state index contributed by atoms with van der Waals surface area (Å²) in [5, 5.41) is 3.91. The van der Waals surface area contributed by atoms with E-state index in [0.717, 1.165) is 5.56 Å². The topological polar surface area (TPSA) is 104 Å².